The summed E-state index contributed by atoms with van der Waals surface area (Å²) in [7, 11) is 3.20. The SMILES string of the molecule is COc1ccc(C(O)CN2CCC(N)CC2)cc1OC. The van der Waals surface area contributed by atoms with Crippen molar-refractivity contribution in [3.05, 3.63) is 23.8 Å². The maximum atomic E-state index is 10.4. The average Bonchev–Trinajstić information content (AvgIpc) is 2.48. The lowest BCUT2D eigenvalue weighted by atomic mass is 10.0. The molecule has 1 unspecified atom stereocenters. The summed E-state index contributed by atoms with van der Waals surface area (Å²) in [5.74, 6) is 1.32. The zero-order valence-corrected chi connectivity index (χ0v) is 12.2. The van der Waals surface area contributed by atoms with Gasteiger partial charge in [-0.2, -0.15) is 0 Å². The highest BCUT2D eigenvalue weighted by Gasteiger charge is 2.20. The highest BCUT2D eigenvalue weighted by Crippen LogP contribution is 2.30. The van der Waals surface area contributed by atoms with E-state index in [4.69, 9.17) is 15.2 Å². The van der Waals surface area contributed by atoms with Crippen molar-refractivity contribution in [1.29, 1.82) is 0 Å². The van der Waals surface area contributed by atoms with E-state index in [0.29, 0.717) is 24.1 Å². The van der Waals surface area contributed by atoms with E-state index in [1.807, 2.05) is 18.2 Å². The summed E-state index contributed by atoms with van der Waals surface area (Å²) in [4.78, 5) is 2.25. The molecule has 0 aromatic heterocycles. The molecule has 1 atom stereocenters. The minimum Gasteiger partial charge on any atom is -0.493 e. The Labute approximate surface area is 120 Å². The number of benzene rings is 1. The highest BCUT2D eigenvalue weighted by molar-refractivity contribution is 5.43. The molecule has 5 nitrogen and oxygen atoms in total. The minimum atomic E-state index is -0.524. The van der Waals surface area contributed by atoms with Crippen molar-refractivity contribution in [3.63, 3.8) is 0 Å². The summed E-state index contributed by atoms with van der Waals surface area (Å²) in [5.41, 5.74) is 6.73. The van der Waals surface area contributed by atoms with Crippen molar-refractivity contribution in [3.8, 4) is 11.5 Å². The van der Waals surface area contributed by atoms with Gasteiger partial charge in [-0.05, 0) is 43.6 Å². The second-order valence-corrected chi connectivity index (χ2v) is 5.27. The third-order valence-electron chi connectivity index (χ3n) is 3.86. The van der Waals surface area contributed by atoms with Gasteiger partial charge in [0.1, 0.15) is 0 Å². The zero-order valence-electron chi connectivity index (χ0n) is 12.2. The van der Waals surface area contributed by atoms with E-state index in [0.717, 1.165) is 31.5 Å². The first kappa shape index (κ1) is 15.1. The molecule has 1 aromatic rings. The van der Waals surface area contributed by atoms with Gasteiger partial charge in [-0.25, -0.2) is 0 Å². The summed E-state index contributed by atoms with van der Waals surface area (Å²) in [6, 6.07) is 5.84. The number of β-amino-alcohol motifs (C(OH)–C–C–N with tert-alkyl or cyclic N) is 1. The van der Waals surface area contributed by atoms with Crippen LogP contribution in [-0.2, 0) is 0 Å². The van der Waals surface area contributed by atoms with E-state index in [1.165, 1.54) is 0 Å². The molecule has 1 heterocycles. The Morgan fingerprint density at radius 3 is 2.50 bits per heavy atom. The molecule has 0 amide bonds. The van der Waals surface area contributed by atoms with Crippen LogP contribution in [0.25, 0.3) is 0 Å². The Balaban J connectivity index is 2.00. The van der Waals surface area contributed by atoms with Gasteiger partial charge in [-0.1, -0.05) is 6.07 Å². The Hall–Kier alpha value is -1.30. The van der Waals surface area contributed by atoms with Crippen LogP contribution in [0.2, 0.25) is 0 Å². The van der Waals surface area contributed by atoms with E-state index in [9.17, 15) is 5.11 Å². The van der Waals surface area contributed by atoms with E-state index >= 15 is 0 Å². The molecule has 0 radical (unpaired) electrons. The Kier molecular flexibility index (Phi) is 5.23. The topological polar surface area (TPSA) is 68.0 Å². The second-order valence-electron chi connectivity index (χ2n) is 5.27. The fraction of sp³-hybridized carbons (Fsp3) is 0.600. The average molecular weight is 280 g/mol. The van der Waals surface area contributed by atoms with E-state index in [2.05, 4.69) is 4.90 Å². The van der Waals surface area contributed by atoms with Crippen LogP contribution in [0.5, 0.6) is 11.5 Å². The molecule has 1 aromatic carbocycles. The summed E-state index contributed by atoms with van der Waals surface area (Å²) in [5, 5.41) is 10.4. The van der Waals surface area contributed by atoms with Crippen LogP contribution in [0.4, 0.5) is 0 Å². The number of hydrogen-bond donors (Lipinski definition) is 2. The summed E-state index contributed by atoms with van der Waals surface area (Å²) < 4.78 is 10.5. The van der Waals surface area contributed by atoms with E-state index in [1.54, 1.807) is 14.2 Å². The molecule has 1 saturated heterocycles. The maximum absolute atomic E-state index is 10.4. The molecular formula is C15H24N2O3. The zero-order chi connectivity index (χ0) is 14.5. The number of aliphatic hydroxyl groups excluding tert-OH is 1. The van der Waals surface area contributed by atoms with Gasteiger partial charge < -0.3 is 25.2 Å². The molecule has 3 N–H and O–H groups in total. The van der Waals surface area contributed by atoms with Crippen LogP contribution >= 0.6 is 0 Å². The Morgan fingerprint density at radius 1 is 1.25 bits per heavy atom. The van der Waals surface area contributed by atoms with Crippen molar-refractivity contribution in [2.24, 2.45) is 5.73 Å². The minimum absolute atomic E-state index is 0.310. The van der Waals surface area contributed by atoms with Gasteiger partial charge in [-0.3, -0.25) is 0 Å². The molecule has 5 heteroatoms. The lowest BCUT2D eigenvalue weighted by Crippen LogP contribution is -2.41. The molecule has 112 valence electrons. The van der Waals surface area contributed by atoms with E-state index < -0.39 is 6.10 Å². The highest BCUT2D eigenvalue weighted by atomic mass is 16.5. The number of ether oxygens (including phenoxy) is 2. The summed E-state index contributed by atoms with van der Waals surface area (Å²) in [6.45, 7) is 2.53. The molecule has 20 heavy (non-hydrogen) atoms. The number of hydrogen-bond acceptors (Lipinski definition) is 5. The van der Waals surface area contributed by atoms with Crippen molar-refractivity contribution in [1.82, 2.24) is 4.90 Å². The maximum Gasteiger partial charge on any atom is 0.161 e. The first-order valence-corrected chi connectivity index (χ1v) is 7.02. The van der Waals surface area contributed by atoms with Gasteiger partial charge in [0.15, 0.2) is 11.5 Å². The number of methoxy groups -OCH3 is 2. The number of nitrogens with two attached hydrogens (primary N) is 1. The second kappa shape index (κ2) is 6.92. The number of aliphatic hydroxyl groups is 1. The predicted molar refractivity (Wildman–Crippen MR) is 78.2 cm³/mol. The third kappa shape index (κ3) is 3.62. The normalized spacial score (nSPS) is 18.8. The van der Waals surface area contributed by atoms with Crippen LogP contribution in [0.15, 0.2) is 18.2 Å². The van der Waals surface area contributed by atoms with Crippen LogP contribution in [0, 0.1) is 0 Å². The monoisotopic (exact) mass is 280 g/mol. The lowest BCUT2D eigenvalue weighted by molar-refractivity contribution is 0.0975. The number of rotatable bonds is 5. The fourth-order valence-corrected chi connectivity index (χ4v) is 2.55. The van der Waals surface area contributed by atoms with Crippen LogP contribution < -0.4 is 15.2 Å². The van der Waals surface area contributed by atoms with Crippen LogP contribution in [0.1, 0.15) is 24.5 Å². The molecule has 0 aliphatic carbocycles. The number of nitrogens with zero attached hydrogens (tertiary/aromatic N) is 1. The van der Waals surface area contributed by atoms with Gasteiger partial charge in [0.05, 0.1) is 20.3 Å². The molecule has 2 rings (SSSR count). The van der Waals surface area contributed by atoms with Crippen molar-refractivity contribution < 1.29 is 14.6 Å². The van der Waals surface area contributed by atoms with Gasteiger partial charge in [0, 0.05) is 12.6 Å². The standard InChI is InChI=1S/C15H24N2O3/c1-19-14-4-3-11(9-15(14)20-2)13(18)10-17-7-5-12(16)6-8-17/h3-4,9,12-13,18H,5-8,10,16H2,1-2H3. The number of piperidine rings is 1. The number of likely N-dealkylation sites (tertiary alicyclic amines) is 1. The largest absolute Gasteiger partial charge is 0.493 e. The Bertz CT molecular complexity index is 431. The first-order chi connectivity index (χ1) is 9.63. The molecule has 0 spiro atoms. The quantitative estimate of drug-likeness (QED) is 0.847. The third-order valence-corrected chi connectivity index (χ3v) is 3.86. The van der Waals surface area contributed by atoms with Crippen molar-refractivity contribution in [2.75, 3.05) is 33.9 Å². The Morgan fingerprint density at radius 2 is 1.90 bits per heavy atom. The smallest absolute Gasteiger partial charge is 0.161 e. The molecule has 1 aliphatic rings. The van der Waals surface area contributed by atoms with Crippen molar-refractivity contribution >= 4 is 0 Å². The summed E-state index contributed by atoms with van der Waals surface area (Å²) >= 11 is 0. The van der Waals surface area contributed by atoms with Crippen LogP contribution in [0.3, 0.4) is 0 Å². The van der Waals surface area contributed by atoms with Gasteiger partial charge in [-0.15, -0.1) is 0 Å². The van der Waals surface area contributed by atoms with Gasteiger partial charge >= 0.3 is 0 Å². The lowest BCUT2D eigenvalue weighted by Gasteiger charge is -2.31. The molecule has 1 fully saturated rings. The molecular weight excluding hydrogens is 256 g/mol. The van der Waals surface area contributed by atoms with Crippen molar-refractivity contribution in [2.45, 2.75) is 25.0 Å². The van der Waals surface area contributed by atoms with Crippen LogP contribution in [-0.4, -0.2) is 49.9 Å². The van der Waals surface area contributed by atoms with E-state index in [-0.39, 0.29) is 0 Å². The van der Waals surface area contributed by atoms with Gasteiger partial charge in [0.2, 0.25) is 0 Å². The molecule has 0 saturated carbocycles. The molecule has 1 aliphatic heterocycles. The first-order valence-electron chi connectivity index (χ1n) is 7.02. The summed E-state index contributed by atoms with van der Waals surface area (Å²) in [6.07, 6.45) is 1.47. The van der Waals surface area contributed by atoms with Gasteiger partial charge in [0.25, 0.3) is 0 Å². The predicted octanol–water partition coefficient (Wildman–Crippen LogP) is 1.16. The fourth-order valence-electron chi connectivity index (χ4n) is 2.55. The molecule has 0 bridgehead atoms.